The molecular weight excluding hydrogens is 188 g/mol. The van der Waals surface area contributed by atoms with Gasteiger partial charge in [0.2, 0.25) is 5.91 Å². The molecule has 3 N–H and O–H groups in total. The molecule has 76 valence electrons. The van der Waals surface area contributed by atoms with Gasteiger partial charge in [-0.3, -0.25) is 4.79 Å². The Morgan fingerprint density at radius 2 is 2.54 bits per heavy atom. The minimum Gasteiger partial charge on any atom is -0.383 e. The van der Waals surface area contributed by atoms with E-state index in [0.717, 1.165) is 17.9 Å². The van der Waals surface area contributed by atoms with Crippen LogP contribution in [0.2, 0.25) is 0 Å². The van der Waals surface area contributed by atoms with Crippen molar-refractivity contribution in [1.82, 2.24) is 5.32 Å². The SMILES string of the molecule is COCCNC1(C(N)=O)CCSC1. The highest BCUT2D eigenvalue weighted by Gasteiger charge is 2.39. The van der Waals surface area contributed by atoms with Crippen LogP contribution < -0.4 is 11.1 Å². The van der Waals surface area contributed by atoms with Gasteiger partial charge >= 0.3 is 0 Å². The first-order chi connectivity index (χ1) is 6.21. The highest BCUT2D eigenvalue weighted by Crippen LogP contribution is 2.27. The van der Waals surface area contributed by atoms with Gasteiger partial charge in [0.05, 0.1) is 6.61 Å². The Hall–Kier alpha value is -0.260. The molecule has 1 rings (SSSR count). The fraction of sp³-hybridized carbons (Fsp3) is 0.875. The number of thioether (sulfide) groups is 1. The Balaban J connectivity index is 2.43. The Bertz CT molecular complexity index is 181. The average molecular weight is 204 g/mol. The minimum absolute atomic E-state index is 0.242. The average Bonchev–Trinajstić information content (AvgIpc) is 2.55. The first-order valence-electron chi connectivity index (χ1n) is 4.33. The number of carbonyl (C=O) groups is 1. The smallest absolute Gasteiger partial charge is 0.238 e. The van der Waals surface area contributed by atoms with Gasteiger partial charge in [0, 0.05) is 19.4 Å². The molecule has 4 nitrogen and oxygen atoms in total. The van der Waals surface area contributed by atoms with E-state index in [1.54, 1.807) is 18.9 Å². The molecular formula is C8H16N2O2S. The van der Waals surface area contributed by atoms with Crippen LogP contribution in [0.1, 0.15) is 6.42 Å². The molecule has 1 aliphatic heterocycles. The second-order valence-electron chi connectivity index (χ2n) is 3.17. The maximum Gasteiger partial charge on any atom is 0.238 e. The van der Waals surface area contributed by atoms with Crippen LogP contribution in [0.3, 0.4) is 0 Å². The minimum atomic E-state index is -0.483. The monoisotopic (exact) mass is 204 g/mol. The lowest BCUT2D eigenvalue weighted by atomic mass is 9.98. The van der Waals surface area contributed by atoms with E-state index in [-0.39, 0.29) is 5.91 Å². The van der Waals surface area contributed by atoms with Crippen molar-refractivity contribution < 1.29 is 9.53 Å². The molecule has 1 saturated heterocycles. The van der Waals surface area contributed by atoms with Crippen LogP contribution in [0, 0.1) is 0 Å². The largest absolute Gasteiger partial charge is 0.383 e. The maximum absolute atomic E-state index is 11.2. The lowest BCUT2D eigenvalue weighted by Crippen LogP contribution is -2.56. The number of nitrogens with two attached hydrogens (primary N) is 1. The normalized spacial score (nSPS) is 27.8. The van der Waals surface area contributed by atoms with Gasteiger partial charge in [-0.15, -0.1) is 0 Å². The van der Waals surface area contributed by atoms with Crippen molar-refractivity contribution in [2.24, 2.45) is 5.73 Å². The number of carbonyl (C=O) groups excluding carboxylic acids is 1. The fourth-order valence-electron chi connectivity index (χ4n) is 1.38. The molecule has 1 fully saturated rings. The maximum atomic E-state index is 11.2. The van der Waals surface area contributed by atoms with E-state index in [1.165, 1.54) is 0 Å². The van der Waals surface area contributed by atoms with E-state index in [9.17, 15) is 4.79 Å². The van der Waals surface area contributed by atoms with Gasteiger partial charge in [-0.25, -0.2) is 0 Å². The topological polar surface area (TPSA) is 64.3 Å². The van der Waals surface area contributed by atoms with Gasteiger partial charge in [-0.2, -0.15) is 11.8 Å². The second-order valence-corrected chi connectivity index (χ2v) is 4.27. The molecule has 1 amide bonds. The molecule has 1 heterocycles. The van der Waals surface area contributed by atoms with Crippen LogP contribution in [-0.2, 0) is 9.53 Å². The highest BCUT2D eigenvalue weighted by molar-refractivity contribution is 7.99. The molecule has 0 aliphatic carbocycles. The van der Waals surface area contributed by atoms with Gasteiger partial charge < -0.3 is 15.8 Å². The lowest BCUT2D eigenvalue weighted by molar-refractivity contribution is -0.123. The standard InChI is InChI=1S/C8H16N2O2S/c1-12-4-3-10-8(7(9)11)2-5-13-6-8/h10H,2-6H2,1H3,(H2,9,11). The summed E-state index contributed by atoms with van der Waals surface area (Å²) in [6.07, 6.45) is 0.830. The lowest BCUT2D eigenvalue weighted by Gasteiger charge is -2.25. The Morgan fingerprint density at radius 3 is 3.00 bits per heavy atom. The predicted octanol–water partition coefficient (Wildman–Crippen LogP) is -0.417. The van der Waals surface area contributed by atoms with Crippen molar-refractivity contribution in [1.29, 1.82) is 0 Å². The molecule has 0 spiro atoms. The van der Waals surface area contributed by atoms with Crippen LogP contribution in [0.5, 0.6) is 0 Å². The molecule has 0 radical (unpaired) electrons. The Kier molecular flexibility index (Phi) is 4.02. The summed E-state index contributed by atoms with van der Waals surface area (Å²) < 4.78 is 4.90. The van der Waals surface area contributed by atoms with Crippen LogP contribution in [-0.4, -0.2) is 43.2 Å². The summed E-state index contributed by atoms with van der Waals surface area (Å²) in [5.74, 6) is 1.54. The first-order valence-corrected chi connectivity index (χ1v) is 5.48. The van der Waals surface area contributed by atoms with Crippen molar-refractivity contribution >= 4 is 17.7 Å². The van der Waals surface area contributed by atoms with Gasteiger partial charge in [-0.1, -0.05) is 0 Å². The molecule has 13 heavy (non-hydrogen) atoms. The molecule has 1 atom stereocenters. The van der Waals surface area contributed by atoms with Crippen molar-refractivity contribution in [3.63, 3.8) is 0 Å². The van der Waals surface area contributed by atoms with Crippen LogP contribution in [0.4, 0.5) is 0 Å². The van der Waals surface area contributed by atoms with Gasteiger partial charge in [0.15, 0.2) is 0 Å². The van der Waals surface area contributed by atoms with Crippen LogP contribution >= 0.6 is 11.8 Å². The van der Waals surface area contributed by atoms with Gasteiger partial charge in [0.1, 0.15) is 5.54 Å². The second kappa shape index (κ2) is 4.83. The zero-order valence-corrected chi connectivity index (χ0v) is 8.65. The van der Waals surface area contributed by atoms with Gasteiger partial charge in [-0.05, 0) is 12.2 Å². The summed E-state index contributed by atoms with van der Waals surface area (Å²) in [6.45, 7) is 1.29. The van der Waals surface area contributed by atoms with Crippen LogP contribution in [0.15, 0.2) is 0 Å². The van der Waals surface area contributed by atoms with E-state index in [1.807, 2.05) is 0 Å². The number of ether oxygens (including phenoxy) is 1. The molecule has 0 aromatic heterocycles. The summed E-state index contributed by atoms with van der Waals surface area (Å²) in [7, 11) is 1.64. The third kappa shape index (κ3) is 2.59. The van der Waals surface area contributed by atoms with E-state index < -0.39 is 5.54 Å². The molecule has 0 saturated carbocycles. The number of nitrogens with one attached hydrogen (secondary N) is 1. The molecule has 0 aromatic rings. The highest BCUT2D eigenvalue weighted by atomic mass is 32.2. The number of hydrogen-bond donors (Lipinski definition) is 2. The van der Waals surface area contributed by atoms with E-state index >= 15 is 0 Å². The molecule has 1 unspecified atom stereocenters. The first kappa shape index (κ1) is 10.8. The third-order valence-electron chi connectivity index (χ3n) is 2.26. The third-order valence-corrected chi connectivity index (χ3v) is 3.45. The van der Waals surface area contributed by atoms with Crippen molar-refractivity contribution in [3.05, 3.63) is 0 Å². The molecule has 0 bridgehead atoms. The van der Waals surface area contributed by atoms with Crippen molar-refractivity contribution in [3.8, 4) is 0 Å². The number of amides is 1. The van der Waals surface area contributed by atoms with E-state index in [2.05, 4.69) is 5.32 Å². The summed E-state index contributed by atoms with van der Waals surface area (Å²) in [5.41, 5.74) is 4.88. The number of hydrogen-bond acceptors (Lipinski definition) is 4. The van der Waals surface area contributed by atoms with Gasteiger partial charge in [0.25, 0.3) is 0 Å². The van der Waals surface area contributed by atoms with E-state index in [4.69, 9.17) is 10.5 Å². The number of rotatable bonds is 5. The Morgan fingerprint density at radius 1 is 1.77 bits per heavy atom. The van der Waals surface area contributed by atoms with E-state index in [0.29, 0.717) is 13.2 Å². The van der Waals surface area contributed by atoms with Crippen molar-refractivity contribution in [2.45, 2.75) is 12.0 Å². The summed E-state index contributed by atoms with van der Waals surface area (Å²) >= 11 is 1.76. The molecule has 1 aliphatic rings. The quantitative estimate of drug-likeness (QED) is 0.597. The number of primary amides is 1. The zero-order chi connectivity index (χ0) is 9.73. The fourth-order valence-corrected chi connectivity index (χ4v) is 2.75. The van der Waals surface area contributed by atoms with Crippen LogP contribution in [0.25, 0.3) is 0 Å². The summed E-state index contributed by atoms with van der Waals surface area (Å²) in [5, 5.41) is 3.18. The van der Waals surface area contributed by atoms with Crippen molar-refractivity contribution in [2.75, 3.05) is 31.8 Å². The molecule has 5 heteroatoms. The molecule has 0 aromatic carbocycles. The summed E-state index contributed by atoms with van der Waals surface area (Å²) in [4.78, 5) is 11.2. The summed E-state index contributed by atoms with van der Waals surface area (Å²) in [6, 6.07) is 0. The zero-order valence-electron chi connectivity index (χ0n) is 7.84. The Labute approximate surface area is 82.6 Å². The number of methoxy groups -OCH3 is 1. The predicted molar refractivity (Wildman–Crippen MR) is 53.7 cm³/mol.